The Balaban J connectivity index is 1.44. The van der Waals surface area contributed by atoms with Crippen LogP contribution in [0.3, 0.4) is 0 Å². The van der Waals surface area contributed by atoms with Crippen molar-refractivity contribution in [3.8, 4) is 5.75 Å². The molecule has 0 aliphatic rings. The number of anilines is 2. The van der Waals surface area contributed by atoms with E-state index in [-0.39, 0.29) is 17.4 Å². The number of benzene rings is 4. The Morgan fingerprint density at radius 2 is 1.57 bits per heavy atom. The van der Waals surface area contributed by atoms with Crippen LogP contribution in [0.4, 0.5) is 11.4 Å². The molecule has 0 radical (unpaired) electrons. The molecule has 7 nitrogen and oxygen atoms in total. The van der Waals surface area contributed by atoms with Gasteiger partial charge in [-0.3, -0.25) is 14.4 Å². The summed E-state index contributed by atoms with van der Waals surface area (Å²) in [5, 5.41) is 9.16. The van der Waals surface area contributed by atoms with E-state index >= 15 is 0 Å². The molecule has 0 aliphatic carbocycles. The lowest BCUT2D eigenvalue weighted by Crippen LogP contribution is -2.30. The second-order valence-corrected chi connectivity index (χ2v) is 10.7. The maximum Gasteiger partial charge on any atom is 0.272 e. The maximum absolute atomic E-state index is 13.4. The minimum atomic E-state index is -0.509. The van der Waals surface area contributed by atoms with Crippen LogP contribution in [-0.2, 0) is 9.59 Å². The Kier molecular flexibility index (Phi) is 11.1. The largest absolute Gasteiger partial charge is 0.493 e. The first-order valence-electron chi connectivity index (χ1n) is 12.9. The molecule has 0 unspecified atom stereocenters. The normalized spacial score (nSPS) is 11.0. The van der Waals surface area contributed by atoms with E-state index in [1.54, 1.807) is 84.9 Å². The van der Waals surface area contributed by atoms with Crippen LogP contribution in [-0.4, -0.2) is 30.1 Å². The fourth-order valence-corrected chi connectivity index (χ4v) is 4.90. The number of thioether (sulfide) groups is 1. The van der Waals surface area contributed by atoms with Gasteiger partial charge in [0.1, 0.15) is 11.4 Å². The van der Waals surface area contributed by atoms with Crippen LogP contribution in [0.25, 0.3) is 6.08 Å². The van der Waals surface area contributed by atoms with E-state index in [1.807, 2.05) is 25.1 Å². The average Bonchev–Trinajstić information content (AvgIpc) is 2.99. The summed E-state index contributed by atoms with van der Waals surface area (Å²) in [6, 6.07) is 27.8. The van der Waals surface area contributed by atoms with Crippen molar-refractivity contribution in [2.75, 3.05) is 23.0 Å². The first kappa shape index (κ1) is 30.7. The first-order chi connectivity index (χ1) is 20.3. The summed E-state index contributed by atoms with van der Waals surface area (Å²) in [4.78, 5) is 39.5. The number of amides is 3. The van der Waals surface area contributed by atoms with E-state index in [9.17, 15) is 14.4 Å². The molecular formula is C32H27Cl2N3O4S. The summed E-state index contributed by atoms with van der Waals surface area (Å²) in [5.41, 5.74) is 2.10. The van der Waals surface area contributed by atoms with Crippen molar-refractivity contribution < 1.29 is 19.1 Å². The second-order valence-electron chi connectivity index (χ2n) is 8.79. The molecule has 214 valence electrons. The highest BCUT2D eigenvalue weighted by Gasteiger charge is 2.16. The lowest BCUT2D eigenvalue weighted by molar-refractivity contribution is -0.114. The van der Waals surface area contributed by atoms with Crippen LogP contribution in [0, 0.1) is 0 Å². The van der Waals surface area contributed by atoms with Crippen LogP contribution in [0.15, 0.2) is 108 Å². The van der Waals surface area contributed by atoms with Gasteiger partial charge in [-0.05, 0) is 73.7 Å². The molecule has 4 aromatic carbocycles. The van der Waals surface area contributed by atoms with Crippen molar-refractivity contribution in [2.24, 2.45) is 0 Å². The highest BCUT2D eigenvalue weighted by atomic mass is 35.5. The maximum atomic E-state index is 13.4. The summed E-state index contributed by atoms with van der Waals surface area (Å²) < 4.78 is 5.69. The van der Waals surface area contributed by atoms with E-state index in [0.717, 1.165) is 4.90 Å². The van der Waals surface area contributed by atoms with Crippen LogP contribution in [0.1, 0.15) is 22.8 Å². The van der Waals surface area contributed by atoms with Crippen LogP contribution in [0.2, 0.25) is 10.0 Å². The Morgan fingerprint density at radius 1 is 0.857 bits per heavy atom. The van der Waals surface area contributed by atoms with Crippen LogP contribution >= 0.6 is 35.0 Å². The summed E-state index contributed by atoms with van der Waals surface area (Å²) in [7, 11) is 0. The van der Waals surface area contributed by atoms with E-state index in [0.29, 0.717) is 44.9 Å². The second kappa shape index (κ2) is 15.1. The summed E-state index contributed by atoms with van der Waals surface area (Å²) in [5.74, 6) is -0.413. The monoisotopic (exact) mass is 619 g/mol. The molecule has 4 aromatic rings. The highest BCUT2D eigenvalue weighted by Crippen LogP contribution is 2.27. The van der Waals surface area contributed by atoms with Crippen LogP contribution < -0.4 is 20.7 Å². The zero-order valence-corrected chi connectivity index (χ0v) is 24.9. The minimum Gasteiger partial charge on any atom is -0.493 e. The third kappa shape index (κ3) is 8.88. The number of carbonyl (C=O) groups is 3. The quantitative estimate of drug-likeness (QED) is 0.119. The zero-order chi connectivity index (χ0) is 29.9. The van der Waals surface area contributed by atoms with Crippen molar-refractivity contribution in [2.45, 2.75) is 11.8 Å². The molecule has 0 atom stereocenters. The fraction of sp³-hybridized carbons (Fsp3) is 0.0938. The van der Waals surface area contributed by atoms with Gasteiger partial charge in [0, 0.05) is 26.7 Å². The highest BCUT2D eigenvalue weighted by molar-refractivity contribution is 8.00. The molecule has 0 heterocycles. The summed E-state index contributed by atoms with van der Waals surface area (Å²) in [6.07, 6.45) is 1.58. The molecule has 10 heteroatoms. The molecule has 0 saturated heterocycles. The fourth-order valence-electron chi connectivity index (χ4n) is 3.74. The molecule has 0 aromatic heterocycles. The smallest absolute Gasteiger partial charge is 0.272 e. The predicted molar refractivity (Wildman–Crippen MR) is 170 cm³/mol. The number of halogens is 2. The molecule has 4 rings (SSSR count). The standard InChI is InChI=1S/C32H27Cl2N3O4S/c1-2-41-29-11-7-6-10-22(29)18-28(37-31(39)21-8-4-3-5-9-21)32(40)35-24-13-15-25(16-14-24)42-20-30(38)36-27-17-12-23(33)19-26(27)34/h3-19H,2,20H2,1H3,(H,35,40)(H,36,38)(H,37,39)/b28-18-. The SMILES string of the molecule is CCOc1ccccc1/C=C(\NC(=O)c1ccccc1)C(=O)Nc1ccc(SCC(=O)Nc2ccc(Cl)cc2Cl)cc1. The Bertz CT molecular complexity index is 1600. The summed E-state index contributed by atoms with van der Waals surface area (Å²) >= 11 is 13.4. The molecule has 42 heavy (non-hydrogen) atoms. The van der Waals surface area contributed by atoms with Gasteiger partial charge in [-0.1, -0.05) is 59.6 Å². The van der Waals surface area contributed by atoms with Crippen molar-refractivity contribution in [3.63, 3.8) is 0 Å². The summed E-state index contributed by atoms with van der Waals surface area (Å²) in [6.45, 7) is 2.32. The van der Waals surface area contributed by atoms with Gasteiger partial charge in [0.2, 0.25) is 5.91 Å². The van der Waals surface area contributed by atoms with Crippen molar-refractivity contribution in [3.05, 3.63) is 124 Å². The number of hydrogen-bond donors (Lipinski definition) is 3. The Labute approximate surface area is 258 Å². The topological polar surface area (TPSA) is 96.5 Å². The lowest BCUT2D eigenvalue weighted by atomic mass is 10.1. The van der Waals surface area contributed by atoms with E-state index in [2.05, 4.69) is 16.0 Å². The molecule has 0 fully saturated rings. The van der Waals surface area contributed by atoms with Gasteiger partial charge >= 0.3 is 0 Å². The van der Waals surface area contributed by atoms with Gasteiger partial charge in [0.15, 0.2) is 0 Å². The van der Waals surface area contributed by atoms with Gasteiger partial charge in [0.25, 0.3) is 11.8 Å². The number of nitrogens with one attached hydrogen (secondary N) is 3. The molecule has 0 spiro atoms. The van der Waals surface area contributed by atoms with Crippen molar-refractivity contribution >= 4 is 70.1 Å². The molecule has 0 bridgehead atoms. The third-order valence-electron chi connectivity index (χ3n) is 5.73. The van der Waals surface area contributed by atoms with E-state index in [1.165, 1.54) is 11.8 Å². The Hall–Kier alpha value is -4.24. The van der Waals surface area contributed by atoms with E-state index < -0.39 is 11.8 Å². The van der Waals surface area contributed by atoms with Gasteiger partial charge in [-0.15, -0.1) is 11.8 Å². The minimum absolute atomic E-state index is 0.0481. The Morgan fingerprint density at radius 3 is 2.29 bits per heavy atom. The number of para-hydroxylation sites is 1. The van der Waals surface area contributed by atoms with Gasteiger partial charge in [-0.2, -0.15) is 0 Å². The first-order valence-corrected chi connectivity index (χ1v) is 14.7. The van der Waals surface area contributed by atoms with Gasteiger partial charge in [0.05, 0.1) is 23.1 Å². The number of rotatable bonds is 11. The number of ether oxygens (including phenoxy) is 1. The van der Waals surface area contributed by atoms with Gasteiger partial charge in [-0.25, -0.2) is 0 Å². The number of carbonyl (C=O) groups excluding carboxylic acids is 3. The molecule has 0 aliphatic heterocycles. The lowest BCUT2D eigenvalue weighted by Gasteiger charge is -2.13. The van der Waals surface area contributed by atoms with E-state index in [4.69, 9.17) is 27.9 Å². The zero-order valence-electron chi connectivity index (χ0n) is 22.5. The van der Waals surface area contributed by atoms with Crippen molar-refractivity contribution in [1.82, 2.24) is 5.32 Å². The van der Waals surface area contributed by atoms with Gasteiger partial charge < -0.3 is 20.7 Å². The molecule has 0 saturated carbocycles. The van der Waals surface area contributed by atoms with Crippen molar-refractivity contribution in [1.29, 1.82) is 0 Å². The number of hydrogen-bond acceptors (Lipinski definition) is 5. The average molecular weight is 621 g/mol. The third-order valence-corrected chi connectivity index (χ3v) is 7.29. The van der Waals surface area contributed by atoms with Crippen LogP contribution in [0.5, 0.6) is 5.75 Å². The molecular weight excluding hydrogens is 593 g/mol. The molecule has 3 N–H and O–H groups in total. The predicted octanol–water partition coefficient (Wildman–Crippen LogP) is 7.53. The molecule has 3 amide bonds.